The highest BCUT2D eigenvalue weighted by molar-refractivity contribution is 5.97. The van der Waals surface area contributed by atoms with Crippen molar-refractivity contribution in [3.63, 3.8) is 0 Å². The van der Waals surface area contributed by atoms with E-state index in [1.807, 2.05) is 48.5 Å². The van der Waals surface area contributed by atoms with Gasteiger partial charge in [-0.1, -0.05) is 18.2 Å². The van der Waals surface area contributed by atoms with Crippen molar-refractivity contribution >= 4 is 5.97 Å². The summed E-state index contributed by atoms with van der Waals surface area (Å²) in [5, 5.41) is 0. The number of ether oxygens (including phenoxy) is 3. The van der Waals surface area contributed by atoms with Gasteiger partial charge in [-0.2, -0.15) is 0 Å². The predicted molar refractivity (Wildman–Crippen MR) is 98.3 cm³/mol. The molecular formula is C21H19NO4. The molecule has 0 spiro atoms. The van der Waals surface area contributed by atoms with Crippen LogP contribution in [0.15, 0.2) is 67.0 Å². The number of hydrogen-bond acceptors (Lipinski definition) is 5. The Morgan fingerprint density at radius 3 is 2.46 bits per heavy atom. The summed E-state index contributed by atoms with van der Waals surface area (Å²) < 4.78 is 15.9. The number of aromatic nitrogens is 1. The fraction of sp³-hybridized carbons (Fsp3) is 0.143. The molecule has 1 heterocycles. The molecule has 5 nitrogen and oxygen atoms in total. The Hall–Kier alpha value is -3.34. The fourth-order valence-electron chi connectivity index (χ4n) is 2.58. The minimum atomic E-state index is -0.379. The third-order valence-electron chi connectivity index (χ3n) is 3.93. The second kappa shape index (κ2) is 8.16. The lowest BCUT2D eigenvalue weighted by Crippen LogP contribution is -2.05. The summed E-state index contributed by atoms with van der Waals surface area (Å²) in [4.78, 5) is 16.2. The third kappa shape index (κ3) is 4.00. The standard InChI is InChI=1S/C21H19NO4/c1-24-17-8-6-16(7-9-17)20-12-15(5-10-19(20)21(23)25-2)14-26-18-4-3-11-22-13-18/h3-13H,14H2,1-2H3. The molecule has 2 aromatic carbocycles. The molecule has 0 aliphatic carbocycles. The summed E-state index contributed by atoms with van der Waals surface area (Å²) >= 11 is 0. The van der Waals surface area contributed by atoms with Gasteiger partial charge in [0.25, 0.3) is 0 Å². The van der Waals surface area contributed by atoms with E-state index in [-0.39, 0.29) is 5.97 Å². The molecule has 0 radical (unpaired) electrons. The number of hydrogen-bond donors (Lipinski definition) is 0. The summed E-state index contributed by atoms with van der Waals surface area (Å²) in [7, 11) is 2.99. The van der Waals surface area contributed by atoms with Crippen LogP contribution in [0.4, 0.5) is 0 Å². The van der Waals surface area contributed by atoms with Crippen LogP contribution in [0.1, 0.15) is 15.9 Å². The van der Waals surface area contributed by atoms with Crippen LogP contribution in [0, 0.1) is 0 Å². The van der Waals surface area contributed by atoms with E-state index in [2.05, 4.69) is 4.98 Å². The van der Waals surface area contributed by atoms with Crippen LogP contribution < -0.4 is 9.47 Å². The Labute approximate surface area is 152 Å². The lowest BCUT2D eigenvalue weighted by atomic mass is 9.97. The molecule has 0 aliphatic rings. The van der Waals surface area contributed by atoms with Crippen LogP contribution in [0.3, 0.4) is 0 Å². The zero-order chi connectivity index (χ0) is 18.4. The highest BCUT2D eigenvalue weighted by atomic mass is 16.5. The molecular weight excluding hydrogens is 330 g/mol. The maximum absolute atomic E-state index is 12.1. The van der Waals surface area contributed by atoms with Crippen molar-refractivity contribution in [2.45, 2.75) is 6.61 Å². The Morgan fingerprint density at radius 1 is 1.00 bits per heavy atom. The largest absolute Gasteiger partial charge is 0.497 e. The van der Waals surface area contributed by atoms with E-state index in [0.717, 1.165) is 22.4 Å². The average molecular weight is 349 g/mol. The van der Waals surface area contributed by atoms with Crippen molar-refractivity contribution in [2.24, 2.45) is 0 Å². The van der Waals surface area contributed by atoms with Crippen molar-refractivity contribution < 1.29 is 19.0 Å². The van der Waals surface area contributed by atoms with Crippen molar-refractivity contribution in [3.05, 3.63) is 78.1 Å². The first-order chi connectivity index (χ1) is 12.7. The topological polar surface area (TPSA) is 57.7 Å². The maximum atomic E-state index is 12.1. The van der Waals surface area contributed by atoms with Gasteiger partial charge >= 0.3 is 5.97 Å². The van der Waals surface area contributed by atoms with Gasteiger partial charge in [-0.05, 0) is 53.1 Å². The van der Waals surface area contributed by atoms with Crippen LogP contribution in [0.5, 0.6) is 11.5 Å². The highest BCUT2D eigenvalue weighted by Gasteiger charge is 2.14. The number of methoxy groups -OCH3 is 2. The van der Waals surface area contributed by atoms with Gasteiger partial charge in [0.2, 0.25) is 0 Å². The van der Waals surface area contributed by atoms with Crippen LogP contribution >= 0.6 is 0 Å². The SMILES string of the molecule is COC(=O)c1ccc(COc2cccnc2)cc1-c1ccc(OC)cc1. The van der Waals surface area contributed by atoms with Gasteiger partial charge in [-0.15, -0.1) is 0 Å². The summed E-state index contributed by atoms with van der Waals surface area (Å²) in [5.41, 5.74) is 3.12. The normalized spacial score (nSPS) is 10.2. The zero-order valence-electron chi connectivity index (χ0n) is 14.6. The number of benzene rings is 2. The lowest BCUT2D eigenvalue weighted by Gasteiger charge is -2.12. The number of esters is 1. The first kappa shape index (κ1) is 17.5. The van der Waals surface area contributed by atoms with Gasteiger partial charge < -0.3 is 14.2 Å². The molecule has 26 heavy (non-hydrogen) atoms. The minimum Gasteiger partial charge on any atom is -0.497 e. The molecule has 5 heteroatoms. The highest BCUT2D eigenvalue weighted by Crippen LogP contribution is 2.28. The van der Waals surface area contributed by atoms with E-state index in [4.69, 9.17) is 14.2 Å². The molecule has 132 valence electrons. The van der Waals surface area contributed by atoms with Crippen LogP contribution in [0.2, 0.25) is 0 Å². The van der Waals surface area contributed by atoms with E-state index in [1.165, 1.54) is 7.11 Å². The first-order valence-corrected chi connectivity index (χ1v) is 8.10. The molecule has 3 aromatic rings. The molecule has 0 bridgehead atoms. The van der Waals surface area contributed by atoms with Gasteiger partial charge in [-0.25, -0.2) is 4.79 Å². The lowest BCUT2D eigenvalue weighted by molar-refractivity contribution is 0.0601. The van der Waals surface area contributed by atoms with E-state index >= 15 is 0 Å². The van der Waals surface area contributed by atoms with Crippen molar-refractivity contribution in [1.29, 1.82) is 0 Å². The molecule has 0 amide bonds. The zero-order valence-corrected chi connectivity index (χ0v) is 14.6. The van der Waals surface area contributed by atoms with Crippen molar-refractivity contribution in [1.82, 2.24) is 4.98 Å². The van der Waals surface area contributed by atoms with E-state index < -0.39 is 0 Å². The third-order valence-corrected chi connectivity index (χ3v) is 3.93. The molecule has 0 N–H and O–H groups in total. The number of nitrogens with zero attached hydrogens (tertiary/aromatic N) is 1. The smallest absolute Gasteiger partial charge is 0.338 e. The Balaban J connectivity index is 1.91. The van der Waals surface area contributed by atoms with Gasteiger partial charge in [0, 0.05) is 6.20 Å². The average Bonchev–Trinajstić information content (AvgIpc) is 2.72. The summed E-state index contributed by atoms with van der Waals surface area (Å²) in [6.07, 6.45) is 3.35. The molecule has 0 fully saturated rings. The summed E-state index contributed by atoms with van der Waals surface area (Å²) in [6, 6.07) is 16.7. The number of carbonyl (C=O) groups excluding carboxylic acids is 1. The van der Waals surface area contributed by atoms with E-state index in [1.54, 1.807) is 25.6 Å². The minimum absolute atomic E-state index is 0.371. The number of carbonyl (C=O) groups is 1. The monoisotopic (exact) mass is 349 g/mol. The molecule has 0 aliphatic heterocycles. The second-order valence-corrected chi connectivity index (χ2v) is 5.58. The summed E-state index contributed by atoms with van der Waals surface area (Å²) in [5.74, 6) is 1.07. The van der Waals surface area contributed by atoms with Crippen LogP contribution in [0.25, 0.3) is 11.1 Å². The fourth-order valence-corrected chi connectivity index (χ4v) is 2.58. The molecule has 0 saturated heterocycles. The Kier molecular flexibility index (Phi) is 5.49. The first-order valence-electron chi connectivity index (χ1n) is 8.10. The van der Waals surface area contributed by atoms with Crippen molar-refractivity contribution in [3.8, 4) is 22.6 Å². The molecule has 0 saturated carbocycles. The second-order valence-electron chi connectivity index (χ2n) is 5.58. The van der Waals surface area contributed by atoms with Gasteiger partial charge in [-0.3, -0.25) is 4.98 Å². The maximum Gasteiger partial charge on any atom is 0.338 e. The predicted octanol–water partition coefficient (Wildman–Crippen LogP) is 4.12. The Bertz CT molecular complexity index is 876. The van der Waals surface area contributed by atoms with Crippen LogP contribution in [-0.2, 0) is 11.3 Å². The van der Waals surface area contributed by atoms with Crippen LogP contribution in [-0.4, -0.2) is 25.2 Å². The molecule has 0 atom stereocenters. The van der Waals surface area contributed by atoms with E-state index in [0.29, 0.717) is 17.9 Å². The Morgan fingerprint density at radius 2 is 1.81 bits per heavy atom. The quantitative estimate of drug-likeness (QED) is 0.627. The molecule has 3 rings (SSSR count). The number of pyridine rings is 1. The van der Waals surface area contributed by atoms with E-state index in [9.17, 15) is 4.79 Å². The number of rotatable bonds is 6. The summed E-state index contributed by atoms with van der Waals surface area (Å²) in [6.45, 7) is 0.371. The van der Waals surface area contributed by atoms with Gasteiger partial charge in [0.1, 0.15) is 18.1 Å². The molecule has 1 aromatic heterocycles. The van der Waals surface area contributed by atoms with Crippen molar-refractivity contribution in [2.75, 3.05) is 14.2 Å². The van der Waals surface area contributed by atoms with Gasteiger partial charge in [0.15, 0.2) is 0 Å². The van der Waals surface area contributed by atoms with Gasteiger partial charge in [0.05, 0.1) is 26.0 Å². The molecule has 0 unspecified atom stereocenters.